The van der Waals surface area contributed by atoms with Crippen molar-refractivity contribution in [2.24, 2.45) is 0 Å². The molecule has 0 bridgehead atoms. The summed E-state index contributed by atoms with van der Waals surface area (Å²) >= 11 is 1.08. The zero-order valence-electron chi connectivity index (χ0n) is 7.63. The maximum absolute atomic E-state index is 12.4. The standard InChI is InChI=1S/C7H2F5IN2O2/c8-6(9)2-1-14-5(7(10,11)12)4(3(2)13)15(16)17/h1,6H. The van der Waals surface area contributed by atoms with Gasteiger partial charge in [0.1, 0.15) is 3.57 Å². The predicted octanol–water partition coefficient (Wildman–Crippen LogP) is 3.55. The number of nitro groups is 1. The summed E-state index contributed by atoms with van der Waals surface area (Å²) in [7, 11) is 0. The first kappa shape index (κ1) is 14.0. The van der Waals surface area contributed by atoms with Gasteiger partial charge in [-0.15, -0.1) is 0 Å². The number of aromatic nitrogens is 1. The molecule has 1 heterocycles. The van der Waals surface area contributed by atoms with Crippen molar-refractivity contribution in [2.75, 3.05) is 0 Å². The first-order valence-corrected chi connectivity index (χ1v) is 4.92. The van der Waals surface area contributed by atoms with Crippen molar-refractivity contribution in [1.29, 1.82) is 0 Å². The van der Waals surface area contributed by atoms with E-state index in [1.54, 1.807) is 0 Å². The van der Waals surface area contributed by atoms with E-state index in [0.717, 1.165) is 22.6 Å². The lowest BCUT2D eigenvalue weighted by Crippen LogP contribution is -2.14. The first-order valence-electron chi connectivity index (χ1n) is 3.84. The van der Waals surface area contributed by atoms with Gasteiger partial charge in [-0.3, -0.25) is 10.1 Å². The minimum Gasteiger partial charge on any atom is -0.258 e. The molecular weight excluding hydrogens is 366 g/mol. The predicted molar refractivity (Wildman–Crippen MR) is 53.6 cm³/mol. The summed E-state index contributed by atoms with van der Waals surface area (Å²) < 4.78 is 61.0. The number of alkyl halides is 5. The molecule has 0 atom stereocenters. The minimum atomic E-state index is -5.07. The van der Waals surface area contributed by atoms with Crippen molar-refractivity contribution in [2.45, 2.75) is 12.6 Å². The first-order chi connectivity index (χ1) is 7.66. The largest absolute Gasteiger partial charge is 0.440 e. The topological polar surface area (TPSA) is 56.0 Å². The van der Waals surface area contributed by atoms with Gasteiger partial charge >= 0.3 is 11.9 Å². The molecule has 4 nitrogen and oxygen atoms in total. The van der Waals surface area contributed by atoms with Crippen molar-refractivity contribution < 1.29 is 26.9 Å². The molecule has 10 heteroatoms. The molecule has 0 aliphatic carbocycles. The van der Waals surface area contributed by atoms with Gasteiger partial charge in [-0.2, -0.15) is 13.2 Å². The number of rotatable bonds is 2. The van der Waals surface area contributed by atoms with Crippen LogP contribution >= 0.6 is 22.6 Å². The average Bonchev–Trinajstić information content (AvgIpc) is 2.14. The average molecular weight is 368 g/mol. The lowest BCUT2D eigenvalue weighted by Gasteiger charge is -2.09. The number of nitrogens with zero attached hydrogens (tertiary/aromatic N) is 2. The fraction of sp³-hybridized carbons (Fsp3) is 0.286. The maximum atomic E-state index is 12.4. The van der Waals surface area contributed by atoms with E-state index in [1.807, 2.05) is 0 Å². The Morgan fingerprint density at radius 2 is 1.94 bits per heavy atom. The van der Waals surface area contributed by atoms with Crippen LogP contribution in [-0.4, -0.2) is 9.91 Å². The quantitative estimate of drug-likeness (QED) is 0.347. The summed E-state index contributed by atoms with van der Waals surface area (Å²) in [6.07, 6.45) is -7.90. The van der Waals surface area contributed by atoms with Crippen LogP contribution in [0.25, 0.3) is 0 Å². The second kappa shape index (κ2) is 4.66. The normalized spacial score (nSPS) is 11.9. The number of hydrogen-bond donors (Lipinski definition) is 0. The molecule has 0 saturated heterocycles. The maximum Gasteiger partial charge on any atom is 0.440 e. The highest BCUT2D eigenvalue weighted by Crippen LogP contribution is 2.39. The highest BCUT2D eigenvalue weighted by atomic mass is 127. The van der Waals surface area contributed by atoms with E-state index >= 15 is 0 Å². The van der Waals surface area contributed by atoms with Crippen molar-refractivity contribution in [3.05, 3.63) is 31.1 Å². The zero-order chi connectivity index (χ0) is 13.4. The molecule has 0 radical (unpaired) electrons. The van der Waals surface area contributed by atoms with Crippen LogP contribution in [0.15, 0.2) is 6.20 Å². The van der Waals surface area contributed by atoms with Crippen LogP contribution in [0.5, 0.6) is 0 Å². The third kappa shape index (κ3) is 2.79. The van der Waals surface area contributed by atoms with Crippen molar-refractivity contribution in [3.8, 4) is 0 Å². The third-order valence-corrected chi connectivity index (χ3v) is 2.84. The van der Waals surface area contributed by atoms with Gasteiger partial charge in [0.2, 0.25) is 5.69 Å². The smallest absolute Gasteiger partial charge is 0.258 e. The second-order valence-electron chi connectivity index (χ2n) is 2.78. The molecule has 0 fully saturated rings. The van der Waals surface area contributed by atoms with E-state index in [0.29, 0.717) is 6.20 Å². The molecule has 1 rings (SSSR count). The highest BCUT2D eigenvalue weighted by Gasteiger charge is 2.42. The Hall–Kier alpha value is -1.07. The van der Waals surface area contributed by atoms with Crippen molar-refractivity contribution in [1.82, 2.24) is 4.98 Å². The van der Waals surface area contributed by atoms with Crippen molar-refractivity contribution in [3.63, 3.8) is 0 Å². The van der Waals surface area contributed by atoms with Gasteiger partial charge in [0, 0.05) is 6.20 Å². The van der Waals surface area contributed by atoms with Gasteiger partial charge in [0.05, 0.1) is 10.5 Å². The molecule has 0 unspecified atom stereocenters. The van der Waals surface area contributed by atoms with E-state index in [-0.39, 0.29) is 0 Å². The van der Waals surface area contributed by atoms with Gasteiger partial charge in [-0.1, -0.05) is 0 Å². The van der Waals surface area contributed by atoms with Crippen LogP contribution in [0.4, 0.5) is 27.6 Å². The molecule has 0 spiro atoms. The van der Waals surface area contributed by atoms with Crippen LogP contribution in [0.2, 0.25) is 0 Å². The summed E-state index contributed by atoms with van der Waals surface area (Å²) in [5, 5.41) is 10.5. The lowest BCUT2D eigenvalue weighted by atomic mass is 10.2. The lowest BCUT2D eigenvalue weighted by molar-refractivity contribution is -0.389. The summed E-state index contributed by atoms with van der Waals surface area (Å²) in [4.78, 5) is 11.8. The van der Waals surface area contributed by atoms with E-state index in [4.69, 9.17) is 0 Å². The number of hydrogen-bond acceptors (Lipinski definition) is 3. The molecule has 0 aliphatic rings. The molecule has 0 aromatic carbocycles. The summed E-state index contributed by atoms with van der Waals surface area (Å²) in [6, 6.07) is 0. The van der Waals surface area contributed by atoms with Gasteiger partial charge in [-0.05, 0) is 22.6 Å². The van der Waals surface area contributed by atoms with Gasteiger partial charge < -0.3 is 0 Å². The Balaban J connectivity index is 3.57. The summed E-state index contributed by atoms with van der Waals surface area (Å²) in [5.74, 6) is 0. The number of pyridine rings is 1. The molecule has 0 aliphatic heterocycles. The number of halogens is 6. The highest BCUT2D eigenvalue weighted by molar-refractivity contribution is 14.1. The summed E-state index contributed by atoms with van der Waals surface area (Å²) in [5.41, 5.74) is -4.13. The Labute approximate surface area is 104 Å². The fourth-order valence-corrected chi connectivity index (χ4v) is 1.85. The van der Waals surface area contributed by atoms with Crippen LogP contribution < -0.4 is 0 Å². The molecule has 1 aromatic heterocycles. The third-order valence-electron chi connectivity index (χ3n) is 1.70. The molecule has 0 amide bonds. The Morgan fingerprint density at radius 1 is 1.41 bits per heavy atom. The van der Waals surface area contributed by atoms with Crippen LogP contribution in [-0.2, 0) is 6.18 Å². The molecule has 1 aromatic rings. The fourth-order valence-electron chi connectivity index (χ4n) is 1.02. The SMILES string of the molecule is O=[N+]([O-])c1c(C(F)(F)F)ncc(C(F)F)c1I. The Bertz CT molecular complexity index is 462. The van der Waals surface area contributed by atoms with Crippen LogP contribution in [0.3, 0.4) is 0 Å². The molecular formula is C7H2F5IN2O2. The second-order valence-corrected chi connectivity index (χ2v) is 3.86. The van der Waals surface area contributed by atoms with E-state index < -0.39 is 38.0 Å². The van der Waals surface area contributed by atoms with Gasteiger partial charge in [-0.25, -0.2) is 13.8 Å². The molecule has 17 heavy (non-hydrogen) atoms. The molecule has 0 N–H and O–H groups in total. The van der Waals surface area contributed by atoms with Crippen LogP contribution in [0, 0.1) is 13.7 Å². The molecule has 94 valence electrons. The molecule has 0 saturated carbocycles. The Morgan fingerprint density at radius 3 is 2.29 bits per heavy atom. The van der Waals surface area contributed by atoms with E-state index in [1.165, 1.54) is 0 Å². The minimum absolute atomic E-state index is 0.294. The van der Waals surface area contributed by atoms with Crippen LogP contribution in [0.1, 0.15) is 17.7 Å². The monoisotopic (exact) mass is 368 g/mol. The summed E-state index contributed by atoms with van der Waals surface area (Å²) in [6.45, 7) is 0. The van der Waals surface area contributed by atoms with Crippen molar-refractivity contribution >= 4 is 28.3 Å². The van der Waals surface area contributed by atoms with Gasteiger partial charge in [0.15, 0.2) is 0 Å². The van der Waals surface area contributed by atoms with E-state index in [2.05, 4.69) is 4.98 Å². The van der Waals surface area contributed by atoms with E-state index in [9.17, 15) is 32.1 Å². The zero-order valence-corrected chi connectivity index (χ0v) is 9.79. The Kier molecular flexibility index (Phi) is 3.84. The van der Waals surface area contributed by atoms with Gasteiger partial charge in [0.25, 0.3) is 6.43 Å².